The third-order valence-electron chi connectivity index (χ3n) is 8.94. The molecule has 6 heteroatoms. The van der Waals surface area contributed by atoms with Crippen molar-refractivity contribution < 1.29 is 5.11 Å². The van der Waals surface area contributed by atoms with Gasteiger partial charge in [0.25, 0.3) is 0 Å². The third-order valence-corrected chi connectivity index (χ3v) is 11.0. The molecule has 0 radical (unpaired) electrons. The van der Waals surface area contributed by atoms with Crippen LogP contribution in [-0.4, -0.2) is 32.7 Å². The van der Waals surface area contributed by atoms with Crippen molar-refractivity contribution in [3.63, 3.8) is 0 Å². The first kappa shape index (κ1) is 31.3. The van der Waals surface area contributed by atoms with Crippen LogP contribution in [0.1, 0.15) is 26.3 Å². The summed E-state index contributed by atoms with van der Waals surface area (Å²) in [6.07, 6.45) is 3.90. The van der Waals surface area contributed by atoms with Crippen molar-refractivity contribution in [3.05, 3.63) is 133 Å². The number of phenols is 1. The monoisotopic (exact) mass is 644 g/mol. The molecular formula is C42H40N4OSi. The van der Waals surface area contributed by atoms with Crippen LogP contribution in [0.2, 0.25) is 19.6 Å². The summed E-state index contributed by atoms with van der Waals surface area (Å²) in [5, 5.41) is 12.6. The molecular weight excluding hydrogens is 605 g/mol. The maximum absolute atomic E-state index is 11.3. The second-order valence-corrected chi connectivity index (χ2v) is 19.5. The SMILES string of the molecule is CC(C)(C)c1ccc(O)c(-c2nc3c(-c4cc(-c5ccccc5)cc(-c5ccc([Si](C)(C)C)cn5)c4)ccnc3n2-c2ccccc2)c1. The zero-order valence-corrected chi connectivity index (χ0v) is 29.4. The van der Waals surface area contributed by atoms with E-state index in [-0.39, 0.29) is 11.2 Å². The van der Waals surface area contributed by atoms with E-state index in [2.05, 4.69) is 106 Å². The summed E-state index contributed by atoms with van der Waals surface area (Å²) in [5.74, 6) is 0.820. The van der Waals surface area contributed by atoms with Crippen LogP contribution < -0.4 is 5.19 Å². The van der Waals surface area contributed by atoms with Crippen molar-refractivity contribution in [1.82, 2.24) is 19.5 Å². The molecule has 238 valence electrons. The summed E-state index contributed by atoms with van der Waals surface area (Å²) in [5.41, 5.74) is 10.3. The van der Waals surface area contributed by atoms with Crippen molar-refractivity contribution in [2.45, 2.75) is 45.8 Å². The Kier molecular flexibility index (Phi) is 7.84. The molecule has 0 fully saturated rings. The number of aromatic hydroxyl groups is 1. The highest BCUT2D eigenvalue weighted by Crippen LogP contribution is 2.40. The van der Waals surface area contributed by atoms with E-state index < -0.39 is 8.07 Å². The van der Waals surface area contributed by atoms with E-state index >= 15 is 0 Å². The predicted molar refractivity (Wildman–Crippen MR) is 202 cm³/mol. The minimum absolute atomic E-state index is 0.106. The molecule has 0 aliphatic carbocycles. The smallest absolute Gasteiger partial charge is 0.165 e. The average Bonchev–Trinajstić information content (AvgIpc) is 3.48. The molecule has 1 N–H and O–H groups in total. The highest BCUT2D eigenvalue weighted by molar-refractivity contribution is 6.88. The minimum Gasteiger partial charge on any atom is -0.507 e. The predicted octanol–water partition coefficient (Wildman–Crippen LogP) is 10.0. The molecule has 0 saturated heterocycles. The van der Waals surface area contributed by atoms with E-state index in [1.165, 1.54) is 5.19 Å². The fourth-order valence-corrected chi connectivity index (χ4v) is 7.16. The lowest BCUT2D eigenvalue weighted by molar-refractivity contribution is 0.475. The lowest BCUT2D eigenvalue weighted by atomic mass is 9.86. The first-order valence-electron chi connectivity index (χ1n) is 16.4. The molecule has 0 saturated carbocycles. The summed E-state index contributed by atoms with van der Waals surface area (Å²) < 4.78 is 2.05. The summed E-state index contributed by atoms with van der Waals surface area (Å²) in [7, 11) is -1.49. The summed E-state index contributed by atoms with van der Waals surface area (Å²) in [6, 6.07) is 39.5. The molecule has 0 amide bonds. The number of hydrogen-bond acceptors (Lipinski definition) is 4. The van der Waals surface area contributed by atoms with Gasteiger partial charge in [-0.2, -0.15) is 0 Å². The van der Waals surface area contributed by atoms with E-state index in [0.717, 1.165) is 55.9 Å². The Balaban J connectivity index is 1.49. The largest absolute Gasteiger partial charge is 0.507 e. The number of imidazole rings is 1. The second-order valence-electron chi connectivity index (χ2n) is 14.5. The van der Waals surface area contributed by atoms with Crippen LogP contribution in [0.5, 0.6) is 5.75 Å². The Morgan fingerprint density at radius 1 is 0.646 bits per heavy atom. The van der Waals surface area contributed by atoms with Gasteiger partial charge in [0.1, 0.15) is 11.3 Å². The summed E-state index contributed by atoms with van der Waals surface area (Å²) >= 11 is 0. The maximum atomic E-state index is 11.3. The minimum atomic E-state index is -1.49. The molecule has 4 aromatic carbocycles. The third kappa shape index (κ3) is 5.95. The standard InChI is InChI=1S/C42H40N4OSi/c1-42(2,3)32-17-20-38(47)36(26-32)40-45-39-35(21-22-43-41(39)46(40)33-15-11-8-12-16-33)30-23-29(28-13-9-7-10-14-28)24-31(25-30)37-19-18-34(27-44-37)48(4,5)6/h7-27,47H,1-6H3. The van der Waals surface area contributed by atoms with E-state index in [4.69, 9.17) is 15.0 Å². The Morgan fingerprint density at radius 2 is 1.33 bits per heavy atom. The molecule has 3 heterocycles. The van der Waals surface area contributed by atoms with Crippen LogP contribution in [0.15, 0.2) is 128 Å². The van der Waals surface area contributed by atoms with Crippen LogP contribution >= 0.6 is 0 Å². The Labute approximate surface area is 283 Å². The molecule has 3 aromatic heterocycles. The van der Waals surface area contributed by atoms with Gasteiger partial charge in [0.05, 0.1) is 19.3 Å². The molecule has 7 rings (SSSR count). The number of benzene rings is 4. The number of phenolic OH excluding ortho intramolecular Hbond substituents is 1. The number of hydrogen-bond donors (Lipinski definition) is 1. The van der Waals surface area contributed by atoms with E-state index in [0.29, 0.717) is 11.4 Å². The van der Waals surface area contributed by atoms with E-state index in [1.807, 2.05) is 60.9 Å². The fraction of sp³-hybridized carbons (Fsp3) is 0.167. The van der Waals surface area contributed by atoms with Crippen molar-refractivity contribution in [2.75, 3.05) is 0 Å². The normalized spacial score (nSPS) is 12.0. The topological polar surface area (TPSA) is 63.8 Å². The van der Waals surface area contributed by atoms with E-state index in [9.17, 15) is 5.11 Å². The fourth-order valence-electron chi connectivity index (χ4n) is 6.13. The Hall–Kier alpha value is -5.33. The molecule has 5 nitrogen and oxygen atoms in total. The molecule has 0 aliphatic heterocycles. The van der Waals surface area contributed by atoms with Gasteiger partial charge in [-0.15, -0.1) is 0 Å². The van der Waals surface area contributed by atoms with Gasteiger partial charge in [-0.3, -0.25) is 9.55 Å². The van der Waals surface area contributed by atoms with Gasteiger partial charge in [0.2, 0.25) is 0 Å². The van der Waals surface area contributed by atoms with Crippen molar-refractivity contribution >= 4 is 24.4 Å². The number of nitrogens with zero attached hydrogens (tertiary/aromatic N) is 4. The van der Waals surface area contributed by atoms with Crippen LogP contribution in [0.25, 0.3) is 61.8 Å². The quantitative estimate of drug-likeness (QED) is 0.183. The lowest BCUT2D eigenvalue weighted by Gasteiger charge is -2.20. The van der Waals surface area contributed by atoms with Crippen LogP contribution in [0.3, 0.4) is 0 Å². The maximum Gasteiger partial charge on any atom is 0.165 e. The lowest BCUT2D eigenvalue weighted by Crippen LogP contribution is -2.37. The van der Waals surface area contributed by atoms with Crippen molar-refractivity contribution in [2.24, 2.45) is 0 Å². The van der Waals surface area contributed by atoms with Crippen LogP contribution in [0, 0.1) is 0 Å². The van der Waals surface area contributed by atoms with Crippen molar-refractivity contribution in [3.8, 4) is 56.3 Å². The Bertz CT molecular complexity index is 2250. The molecule has 0 spiro atoms. The van der Waals surface area contributed by atoms with Crippen LogP contribution in [0.4, 0.5) is 0 Å². The van der Waals surface area contributed by atoms with Gasteiger partial charge in [-0.05, 0) is 87.5 Å². The summed E-state index contributed by atoms with van der Waals surface area (Å²) in [4.78, 5) is 15.1. The van der Waals surface area contributed by atoms with Gasteiger partial charge in [-0.25, -0.2) is 9.97 Å². The molecule has 7 aromatic rings. The molecule has 0 unspecified atom stereocenters. The molecule has 0 atom stereocenters. The van der Waals surface area contributed by atoms with Gasteiger partial charge in [0, 0.05) is 29.2 Å². The number of para-hydroxylation sites is 1. The van der Waals surface area contributed by atoms with Gasteiger partial charge in [0.15, 0.2) is 11.5 Å². The molecule has 48 heavy (non-hydrogen) atoms. The zero-order valence-electron chi connectivity index (χ0n) is 28.4. The van der Waals surface area contributed by atoms with Gasteiger partial charge in [-0.1, -0.05) is 101 Å². The Morgan fingerprint density at radius 3 is 2.00 bits per heavy atom. The molecule has 0 bridgehead atoms. The van der Waals surface area contributed by atoms with Crippen LogP contribution in [-0.2, 0) is 5.41 Å². The summed E-state index contributed by atoms with van der Waals surface area (Å²) in [6.45, 7) is 13.5. The highest BCUT2D eigenvalue weighted by Gasteiger charge is 2.24. The first-order valence-corrected chi connectivity index (χ1v) is 19.9. The van der Waals surface area contributed by atoms with Crippen molar-refractivity contribution in [1.29, 1.82) is 0 Å². The number of pyridine rings is 2. The highest BCUT2D eigenvalue weighted by atomic mass is 28.3. The number of rotatable bonds is 6. The average molecular weight is 645 g/mol. The van der Waals surface area contributed by atoms with Gasteiger partial charge >= 0.3 is 0 Å². The molecule has 0 aliphatic rings. The zero-order chi connectivity index (χ0) is 33.6. The number of aromatic nitrogens is 4. The second kappa shape index (κ2) is 12.0. The first-order chi connectivity index (χ1) is 23.0. The number of fused-ring (bicyclic) bond motifs is 1. The van der Waals surface area contributed by atoms with E-state index in [1.54, 1.807) is 6.07 Å². The van der Waals surface area contributed by atoms with Gasteiger partial charge < -0.3 is 5.11 Å².